The van der Waals surface area contributed by atoms with E-state index in [1.165, 1.54) is 0 Å². The third kappa shape index (κ3) is 6.04. The van der Waals surface area contributed by atoms with Crippen LogP contribution in [0.2, 0.25) is 10.0 Å². The first kappa shape index (κ1) is 30.8. The molecule has 0 radical (unpaired) electrons. The van der Waals surface area contributed by atoms with Crippen molar-refractivity contribution in [3.63, 3.8) is 0 Å². The van der Waals surface area contributed by atoms with Gasteiger partial charge in [-0.25, -0.2) is 4.39 Å². The van der Waals surface area contributed by atoms with Gasteiger partial charge in [0.25, 0.3) is 0 Å². The molecular weight excluding hydrogens is 604 g/mol. The highest BCUT2D eigenvalue weighted by atomic mass is 35.5. The highest BCUT2D eigenvalue weighted by molar-refractivity contribution is 6.46. The highest BCUT2D eigenvalue weighted by Gasteiger charge is 2.35. The summed E-state index contributed by atoms with van der Waals surface area (Å²) in [5.41, 5.74) is 2.87. The van der Waals surface area contributed by atoms with E-state index >= 15 is 0 Å². The Labute approximate surface area is 267 Å². The molecule has 3 aliphatic rings. The molecule has 0 saturated carbocycles. The maximum Gasteiger partial charge on any atom is 0.318 e. The van der Waals surface area contributed by atoms with Gasteiger partial charge in [0.15, 0.2) is 6.23 Å². The van der Waals surface area contributed by atoms with E-state index in [0.717, 1.165) is 52.9 Å². The van der Waals surface area contributed by atoms with Crippen molar-refractivity contribution in [2.24, 2.45) is 0 Å². The minimum absolute atomic E-state index is 0.129. The van der Waals surface area contributed by atoms with E-state index in [9.17, 15) is 14.8 Å². The van der Waals surface area contributed by atoms with E-state index in [4.69, 9.17) is 37.9 Å². The average Bonchev–Trinajstić information content (AvgIpc) is 3.44. The standard InChI is InChI=1S/C32H36Cl2FN7O2/c1-20(35)31(43)42-16-15-41(17-22(42)10-12-36)30-24-11-14-40(27-7-3-5-21-8-9-25(33)29(34)28(21)27)18-26(24)37-32(38-30)44-19-23-6-4-13-39(23)2/h3,5,7-9,22-23,31,43H,1,4,6,10-11,13-19H2,2H3/t22-,23-,31?/m0/s1. The lowest BCUT2D eigenvalue weighted by atomic mass is 10.0. The van der Waals surface area contributed by atoms with Crippen LogP contribution >= 0.6 is 23.2 Å². The molecule has 3 aromatic rings. The zero-order valence-electron chi connectivity index (χ0n) is 24.7. The van der Waals surface area contributed by atoms with Crippen LogP contribution in [0.5, 0.6) is 6.01 Å². The van der Waals surface area contributed by atoms with Crippen molar-refractivity contribution in [1.82, 2.24) is 19.8 Å². The zero-order valence-corrected chi connectivity index (χ0v) is 26.2. The molecule has 0 aliphatic carbocycles. The molecular formula is C32H36Cl2FN7O2. The number of nitrogens with zero attached hydrogens (tertiary/aromatic N) is 7. The molecule has 0 spiro atoms. The number of halogens is 3. The second-order valence-electron chi connectivity index (χ2n) is 11.8. The Morgan fingerprint density at radius 2 is 2.00 bits per heavy atom. The van der Waals surface area contributed by atoms with Gasteiger partial charge in [-0.2, -0.15) is 15.2 Å². The number of rotatable bonds is 8. The lowest BCUT2D eigenvalue weighted by Crippen LogP contribution is -2.57. The van der Waals surface area contributed by atoms with Crippen LogP contribution in [-0.4, -0.2) is 89.6 Å². The Bertz CT molecular complexity index is 1600. The number of piperazine rings is 1. The number of likely N-dealkylation sites (tertiary alicyclic amines) is 1. The first-order valence-electron chi connectivity index (χ1n) is 15.0. The molecule has 232 valence electrons. The first-order valence-corrected chi connectivity index (χ1v) is 15.7. The summed E-state index contributed by atoms with van der Waals surface area (Å²) >= 11 is 13.1. The van der Waals surface area contributed by atoms with Crippen LogP contribution in [-0.2, 0) is 13.0 Å². The molecule has 3 aliphatic heterocycles. The average molecular weight is 641 g/mol. The van der Waals surface area contributed by atoms with Crippen LogP contribution in [0, 0.1) is 11.3 Å². The molecule has 4 heterocycles. The number of ether oxygens (including phenoxy) is 1. The van der Waals surface area contributed by atoms with Gasteiger partial charge in [0, 0.05) is 54.9 Å². The third-order valence-corrected chi connectivity index (χ3v) is 9.91. The molecule has 1 aromatic heterocycles. The largest absolute Gasteiger partial charge is 0.462 e. The predicted molar refractivity (Wildman–Crippen MR) is 171 cm³/mol. The van der Waals surface area contributed by atoms with Gasteiger partial charge in [-0.1, -0.05) is 48.0 Å². The van der Waals surface area contributed by atoms with Gasteiger partial charge in [-0.15, -0.1) is 0 Å². The summed E-state index contributed by atoms with van der Waals surface area (Å²) in [7, 11) is 2.11. The summed E-state index contributed by atoms with van der Waals surface area (Å²) in [4.78, 5) is 18.1. The van der Waals surface area contributed by atoms with Gasteiger partial charge in [-0.05, 0) is 50.4 Å². The summed E-state index contributed by atoms with van der Waals surface area (Å²) in [6.07, 6.45) is 1.55. The number of fused-ring (bicyclic) bond motifs is 2. The van der Waals surface area contributed by atoms with Crippen LogP contribution in [0.3, 0.4) is 0 Å². The van der Waals surface area contributed by atoms with Crippen LogP contribution < -0.4 is 14.5 Å². The quantitative estimate of drug-likeness (QED) is 0.358. The zero-order chi connectivity index (χ0) is 31.0. The molecule has 9 nitrogen and oxygen atoms in total. The summed E-state index contributed by atoms with van der Waals surface area (Å²) < 4.78 is 20.2. The monoisotopic (exact) mass is 639 g/mol. The van der Waals surface area contributed by atoms with E-state index in [0.29, 0.717) is 67.8 Å². The summed E-state index contributed by atoms with van der Waals surface area (Å²) in [6, 6.07) is 12.3. The number of likely N-dealkylation sites (N-methyl/N-ethyl adjacent to an activating group) is 1. The molecule has 44 heavy (non-hydrogen) atoms. The van der Waals surface area contributed by atoms with E-state index in [-0.39, 0.29) is 6.42 Å². The number of benzene rings is 2. The van der Waals surface area contributed by atoms with Gasteiger partial charge in [0.05, 0.1) is 34.8 Å². The Kier molecular flexibility index (Phi) is 9.13. The van der Waals surface area contributed by atoms with Crippen molar-refractivity contribution >= 4 is 45.5 Å². The molecule has 3 atom stereocenters. The van der Waals surface area contributed by atoms with E-state index in [2.05, 4.69) is 40.5 Å². The maximum absolute atomic E-state index is 13.9. The third-order valence-electron chi connectivity index (χ3n) is 9.10. The molecule has 12 heteroatoms. The highest BCUT2D eigenvalue weighted by Crippen LogP contribution is 2.40. The van der Waals surface area contributed by atoms with Crippen molar-refractivity contribution in [2.45, 2.75) is 50.5 Å². The maximum atomic E-state index is 13.9. The van der Waals surface area contributed by atoms with Gasteiger partial charge in [0.2, 0.25) is 0 Å². The number of hydrogen-bond donors (Lipinski definition) is 1. The second kappa shape index (κ2) is 13.0. The minimum atomic E-state index is -1.45. The number of aliphatic hydroxyl groups excluding tert-OH is 1. The fraction of sp³-hybridized carbons (Fsp3) is 0.469. The number of aliphatic hydroxyl groups is 1. The molecule has 2 fully saturated rings. The van der Waals surface area contributed by atoms with Gasteiger partial charge in [-0.3, -0.25) is 4.90 Å². The Morgan fingerprint density at radius 3 is 2.75 bits per heavy atom. The SMILES string of the molecule is C=C(F)C(O)N1CCN(c2nc(OC[C@@H]3CCCN3C)nc3c2CCN(c2cccc4ccc(Cl)c(Cl)c24)C3)C[C@@H]1CC#N. The Balaban J connectivity index is 1.34. The summed E-state index contributed by atoms with van der Waals surface area (Å²) in [6.45, 7) is 7.27. The number of aromatic nitrogens is 2. The van der Waals surface area contributed by atoms with Gasteiger partial charge in [0.1, 0.15) is 18.3 Å². The number of hydrogen-bond acceptors (Lipinski definition) is 9. The van der Waals surface area contributed by atoms with Crippen LogP contribution in [0.15, 0.2) is 42.7 Å². The Morgan fingerprint density at radius 1 is 1.16 bits per heavy atom. The minimum Gasteiger partial charge on any atom is -0.462 e. The van der Waals surface area contributed by atoms with E-state index < -0.39 is 18.1 Å². The van der Waals surface area contributed by atoms with E-state index in [1.54, 1.807) is 4.90 Å². The molecule has 1 N–H and O–H groups in total. The van der Waals surface area contributed by atoms with Crippen molar-refractivity contribution < 1.29 is 14.2 Å². The summed E-state index contributed by atoms with van der Waals surface area (Å²) in [5.74, 6) is -0.0668. The van der Waals surface area contributed by atoms with Crippen molar-refractivity contribution in [3.05, 3.63) is 64.0 Å². The smallest absolute Gasteiger partial charge is 0.318 e. The molecule has 2 saturated heterocycles. The van der Waals surface area contributed by atoms with Crippen LogP contribution in [0.1, 0.15) is 30.5 Å². The number of nitriles is 1. The van der Waals surface area contributed by atoms with Crippen LogP contribution in [0.25, 0.3) is 10.8 Å². The first-order chi connectivity index (χ1) is 21.2. The summed E-state index contributed by atoms with van der Waals surface area (Å²) in [5, 5.41) is 22.9. The molecule has 6 rings (SSSR count). The van der Waals surface area contributed by atoms with Crippen molar-refractivity contribution in [1.29, 1.82) is 5.26 Å². The topological polar surface area (TPSA) is 92.0 Å². The number of anilines is 2. The normalized spacial score (nSPS) is 21.7. The molecule has 0 bridgehead atoms. The predicted octanol–water partition coefficient (Wildman–Crippen LogP) is 5.18. The van der Waals surface area contributed by atoms with Crippen molar-refractivity contribution in [3.8, 4) is 12.1 Å². The molecule has 0 amide bonds. The molecule has 2 aromatic carbocycles. The van der Waals surface area contributed by atoms with Gasteiger partial charge >= 0.3 is 6.01 Å². The van der Waals surface area contributed by atoms with Crippen molar-refractivity contribution in [2.75, 3.05) is 56.2 Å². The lowest BCUT2D eigenvalue weighted by Gasteiger charge is -2.43. The van der Waals surface area contributed by atoms with Gasteiger partial charge < -0.3 is 24.5 Å². The second-order valence-corrected chi connectivity index (χ2v) is 12.6. The fourth-order valence-electron chi connectivity index (χ4n) is 6.69. The Hall–Kier alpha value is -3.20. The van der Waals surface area contributed by atoms with Crippen LogP contribution in [0.4, 0.5) is 15.9 Å². The fourth-order valence-corrected chi connectivity index (χ4v) is 7.11. The van der Waals surface area contributed by atoms with E-state index in [1.807, 2.05) is 24.3 Å². The lowest BCUT2D eigenvalue weighted by molar-refractivity contribution is -0.0167. The molecule has 1 unspecified atom stereocenters.